The summed E-state index contributed by atoms with van der Waals surface area (Å²) in [6, 6.07) is 11.9. The van der Waals surface area contributed by atoms with Gasteiger partial charge in [0.05, 0.1) is 41.6 Å². The number of benzene rings is 4. The molecule has 6 rings (SSSR count). The number of amidine groups is 1. The van der Waals surface area contributed by atoms with Gasteiger partial charge in [0.1, 0.15) is 17.9 Å². The molecule has 4 aromatic carbocycles. The maximum Gasteiger partial charge on any atom is 0.573 e. The highest BCUT2D eigenvalue weighted by Gasteiger charge is 2.33. The fraction of sp³-hybridized carbons (Fsp3) is 0.147. The van der Waals surface area contributed by atoms with E-state index in [4.69, 9.17) is 4.74 Å². The Hall–Kier alpha value is -5.89. The number of ether oxygens (including phenoxy) is 2. The molecule has 0 saturated carbocycles. The van der Waals surface area contributed by atoms with Crippen LogP contribution in [0.5, 0.6) is 5.75 Å². The van der Waals surface area contributed by atoms with E-state index in [1.807, 2.05) is 0 Å². The molecule has 0 spiro atoms. The van der Waals surface area contributed by atoms with Crippen LogP contribution in [0.4, 0.5) is 55.7 Å². The third-order valence-corrected chi connectivity index (χ3v) is 8.47. The molecular formula is C34H21F9N6O4S. The lowest BCUT2D eigenvalue weighted by Gasteiger charge is -2.20. The van der Waals surface area contributed by atoms with E-state index in [2.05, 4.69) is 25.1 Å². The van der Waals surface area contributed by atoms with E-state index in [1.54, 1.807) is 13.0 Å². The van der Waals surface area contributed by atoms with Gasteiger partial charge in [-0.1, -0.05) is 23.9 Å². The van der Waals surface area contributed by atoms with Crippen LogP contribution in [0.3, 0.4) is 0 Å². The van der Waals surface area contributed by atoms with Crippen LogP contribution in [0.15, 0.2) is 72.0 Å². The van der Waals surface area contributed by atoms with Crippen molar-refractivity contribution in [3.63, 3.8) is 0 Å². The fourth-order valence-corrected chi connectivity index (χ4v) is 5.89. The predicted molar refractivity (Wildman–Crippen MR) is 176 cm³/mol. The minimum absolute atomic E-state index is 0.0457. The van der Waals surface area contributed by atoms with E-state index in [0.717, 1.165) is 34.9 Å². The van der Waals surface area contributed by atoms with Crippen LogP contribution in [0.2, 0.25) is 0 Å². The smallest absolute Gasteiger partial charge is 0.406 e. The Labute approximate surface area is 302 Å². The van der Waals surface area contributed by atoms with E-state index in [1.165, 1.54) is 47.4 Å². The van der Waals surface area contributed by atoms with Crippen molar-refractivity contribution in [2.45, 2.75) is 26.5 Å². The Bertz CT molecular complexity index is 2270. The number of halogens is 9. The Morgan fingerprint density at radius 2 is 1.59 bits per heavy atom. The molecule has 1 aliphatic heterocycles. The lowest BCUT2D eigenvalue weighted by molar-refractivity contribution is -0.274. The van der Waals surface area contributed by atoms with Crippen molar-refractivity contribution in [1.82, 2.24) is 14.8 Å². The number of amides is 3. The molecule has 0 radical (unpaired) electrons. The van der Waals surface area contributed by atoms with Gasteiger partial charge in [-0.2, -0.15) is 4.99 Å². The lowest BCUT2D eigenvalue weighted by atomic mass is 10.1. The Kier molecular flexibility index (Phi) is 10.7. The number of aryl methyl sites for hydroxylation is 1. The number of hydrogen-bond donors (Lipinski definition) is 1. The SMILES string of the molecule is Cc1ccc(COCc2c(F)c(F)c(F)c(F)c2F)c(N2C(=O)CSC2=NC(=O)Nc2ccc(-c3ncn(-c4ccc(OC(F)(F)F)cc4)n3)cc2F)c1. The van der Waals surface area contributed by atoms with Gasteiger partial charge in [-0.25, -0.2) is 40.8 Å². The molecule has 0 bridgehead atoms. The highest BCUT2D eigenvalue weighted by Crippen LogP contribution is 2.33. The molecular weight excluding hydrogens is 759 g/mol. The van der Waals surface area contributed by atoms with E-state index in [9.17, 15) is 44.7 Å². The van der Waals surface area contributed by atoms with Crippen LogP contribution >= 0.6 is 11.8 Å². The van der Waals surface area contributed by atoms with Crippen LogP contribution < -0.4 is 15.0 Å². The second-order valence-corrected chi connectivity index (χ2v) is 12.2. The number of anilines is 2. The van der Waals surface area contributed by atoms with Crippen molar-refractivity contribution in [3.05, 3.63) is 119 Å². The summed E-state index contributed by atoms with van der Waals surface area (Å²) >= 11 is 0.881. The summed E-state index contributed by atoms with van der Waals surface area (Å²) in [4.78, 5) is 35.0. The average Bonchev–Trinajstić information content (AvgIpc) is 3.76. The normalized spacial score (nSPS) is 13.9. The lowest BCUT2D eigenvalue weighted by Crippen LogP contribution is -2.31. The monoisotopic (exact) mass is 780 g/mol. The molecule has 5 aromatic rings. The van der Waals surface area contributed by atoms with Crippen LogP contribution in [-0.4, -0.2) is 44.0 Å². The zero-order chi connectivity index (χ0) is 38.9. The van der Waals surface area contributed by atoms with Crippen molar-refractivity contribution < 1.29 is 58.6 Å². The van der Waals surface area contributed by atoms with Crippen molar-refractivity contribution in [2.24, 2.45) is 4.99 Å². The first-order chi connectivity index (χ1) is 25.6. The van der Waals surface area contributed by atoms with Crippen molar-refractivity contribution in [1.29, 1.82) is 0 Å². The summed E-state index contributed by atoms with van der Waals surface area (Å²) in [5.74, 6) is -12.7. The summed E-state index contributed by atoms with van der Waals surface area (Å²) in [6.07, 6.45) is -3.61. The molecule has 54 heavy (non-hydrogen) atoms. The molecule has 20 heteroatoms. The average molecular weight is 781 g/mol. The van der Waals surface area contributed by atoms with Gasteiger partial charge in [0.25, 0.3) is 0 Å². The first kappa shape index (κ1) is 37.9. The Morgan fingerprint density at radius 1 is 0.907 bits per heavy atom. The maximum atomic E-state index is 15.2. The van der Waals surface area contributed by atoms with Crippen molar-refractivity contribution >= 4 is 40.2 Å². The van der Waals surface area contributed by atoms with E-state index >= 15 is 4.39 Å². The summed E-state index contributed by atoms with van der Waals surface area (Å²) in [5.41, 5.74) is 0.0534. The van der Waals surface area contributed by atoms with Gasteiger partial charge in [-0.3, -0.25) is 9.69 Å². The molecule has 0 atom stereocenters. The minimum Gasteiger partial charge on any atom is -0.406 e. The molecule has 1 aromatic heterocycles. The number of thioether (sulfide) groups is 1. The molecule has 280 valence electrons. The number of nitrogens with one attached hydrogen (secondary N) is 1. The maximum absolute atomic E-state index is 15.2. The summed E-state index contributed by atoms with van der Waals surface area (Å²) in [7, 11) is 0. The Balaban J connectivity index is 1.15. The highest BCUT2D eigenvalue weighted by atomic mass is 32.2. The van der Waals surface area contributed by atoms with Gasteiger partial charge >= 0.3 is 12.4 Å². The topological polar surface area (TPSA) is 111 Å². The van der Waals surface area contributed by atoms with Gasteiger partial charge in [0, 0.05) is 11.1 Å². The number of rotatable bonds is 9. The molecule has 3 amide bonds. The number of hydrogen-bond acceptors (Lipinski definition) is 7. The first-order valence-electron chi connectivity index (χ1n) is 15.2. The summed E-state index contributed by atoms with van der Waals surface area (Å²) in [5, 5.41) is 6.37. The van der Waals surface area contributed by atoms with Crippen LogP contribution in [-0.2, 0) is 22.7 Å². The van der Waals surface area contributed by atoms with E-state index in [0.29, 0.717) is 11.3 Å². The quantitative estimate of drug-likeness (QED) is 0.0910. The zero-order valence-corrected chi connectivity index (χ0v) is 28.0. The largest absolute Gasteiger partial charge is 0.573 e. The van der Waals surface area contributed by atoms with Crippen molar-refractivity contribution in [3.8, 4) is 22.8 Å². The number of aliphatic imine (C=N–C) groups is 1. The molecule has 0 aliphatic carbocycles. The molecule has 2 heterocycles. The van der Waals surface area contributed by atoms with Crippen LogP contribution in [0, 0.1) is 41.8 Å². The zero-order valence-electron chi connectivity index (χ0n) is 27.2. The van der Waals surface area contributed by atoms with Crippen molar-refractivity contribution in [2.75, 3.05) is 16.0 Å². The van der Waals surface area contributed by atoms with Crippen LogP contribution in [0.1, 0.15) is 16.7 Å². The Morgan fingerprint density at radius 3 is 2.26 bits per heavy atom. The summed E-state index contributed by atoms with van der Waals surface area (Å²) < 4.78 is 132. The standard InChI is InChI=1S/C34H21F9N6O4S/c1-16-2-3-18(12-52-13-21-26(36)28(38)30(40)29(39)27(21)37)24(10-16)49-25(50)14-54-33(49)46-32(51)45-23-9-4-17(11-22(23)35)31-44-15-48(47-31)19-5-7-20(8-6-19)53-34(41,42)43/h2-11,15H,12-14H2,1H3,(H,45,51). The highest BCUT2D eigenvalue weighted by molar-refractivity contribution is 8.15. The third kappa shape index (κ3) is 8.18. The number of urea groups is 1. The first-order valence-corrected chi connectivity index (χ1v) is 16.2. The molecule has 1 saturated heterocycles. The summed E-state index contributed by atoms with van der Waals surface area (Å²) in [6.45, 7) is 0.212. The van der Waals surface area contributed by atoms with Gasteiger partial charge in [0.2, 0.25) is 11.7 Å². The van der Waals surface area contributed by atoms with Gasteiger partial charge in [0.15, 0.2) is 34.3 Å². The van der Waals surface area contributed by atoms with Gasteiger partial charge in [-0.05, 0) is 61.0 Å². The number of alkyl halides is 3. The number of nitrogens with zero attached hydrogens (tertiary/aromatic N) is 5. The van der Waals surface area contributed by atoms with Gasteiger partial charge < -0.3 is 14.8 Å². The second-order valence-electron chi connectivity index (χ2n) is 11.3. The third-order valence-electron chi connectivity index (χ3n) is 7.54. The number of aromatic nitrogens is 3. The van der Waals surface area contributed by atoms with Crippen LogP contribution in [0.25, 0.3) is 17.1 Å². The second kappa shape index (κ2) is 15.2. The predicted octanol–water partition coefficient (Wildman–Crippen LogP) is 8.36. The molecule has 10 nitrogen and oxygen atoms in total. The fourth-order valence-electron chi connectivity index (χ4n) is 5.03. The number of carbonyl (C=O) groups is 2. The molecule has 1 fully saturated rings. The van der Waals surface area contributed by atoms with Gasteiger partial charge in [-0.15, -0.1) is 18.3 Å². The minimum atomic E-state index is -4.86. The molecule has 1 aliphatic rings. The number of carbonyl (C=O) groups excluding carboxylic acids is 2. The van der Waals surface area contributed by atoms with E-state index < -0.39 is 77.7 Å². The van der Waals surface area contributed by atoms with E-state index in [-0.39, 0.29) is 39.2 Å². The molecule has 0 unspecified atom stereocenters. The molecule has 1 N–H and O–H groups in total.